The van der Waals surface area contributed by atoms with Crippen LogP contribution in [-0.2, 0) is 14.3 Å². The van der Waals surface area contributed by atoms with Gasteiger partial charge in [-0.05, 0) is 25.7 Å². The van der Waals surface area contributed by atoms with E-state index in [4.69, 9.17) is 9.47 Å². The van der Waals surface area contributed by atoms with Gasteiger partial charge in [0.05, 0.1) is 25.2 Å². The highest BCUT2D eigenvalue weighted by molar-refractivity contribution is 9.09. The first-order chi connectivity index (χ1) is 8.79. The zero-order chi connectivity index (χ0) is 12.8. The van der Waals surface area contributed by atoms with Crippen molar-refractivity contribution in [2.45, 2.75) is 44.3 Å². The molecule has 2 rings (SSSR count). The zero-order valence-corrected chi connectivity index (χ0v) is 12.4. The lowest BCUT2D eigenvalue weighted by atomic mass is 10.1. The van der Waals surface area contributed by atoms with Crippen molar-refractivity contribution in [3.8, 4) is 0 Å². The fourth-order valence-electron chi connectivity index (χ4n) is 2.61. The molecule has 0 N–H and O–H groups in total. The lowest BCUT2D eigenvalue weighted by Gasteiger charge is -2.32. The Morgan fingerprint density at radius 2 is 2.11 bits per heavy atom. The van der Waals surface area contributed by atoms with E-state index in [0.717, 1.165) is 57.3 Å². The van der Waals surface area contributed by atoms with Gasteiger partial charge in [-0.15, -0.1) is 0 Å². The van der Waals surface area contributed by atoms with E-state index in [1.165, 1.54) is 0 Å². The highest BCUT2D eigenvalue weighted by Gasteiger charge is 2.26. The maximum absolute atomic E-state index is 12.1. The van der Waals surface area contributed by atoms with E-state index in [9.17, 15) is 4.79 Å². The predicted octanol–water partition coefficient (Wildman–Crippen LogP) is 1.96. The fourth-order valence-corrected chi connectivity index (χ4v) is 2.80. The monoisotopic (exact) mass is 319 g/mol. The summed E-state index contributed by atoms with van der Waals surface area (Å²) in [6.45, 7) is 3.24. The summed E-state index contributed by atoms with van der Waals surface area (Å²) >= 11 is 3.36. The SMILES string of the molecule is O=C(CC1CCCO1)N1CCC(OCCBr)CC1. The largest absolute Gasteiger partial charge is 0.378 e. The summed E-state index contributed by atoms with van der Waals surface area (Å²) in [6.07, 6.45) is 5.12. The summed E-state index contributed by atoms with van der Waals surface area (Å²) in [7, 11) is 0. The first-order valence-electron chi connectivity index (χ1n) is 6.86. The molecule has 18 heavy (non-hydrogen) atoms. The summed E-state index contributed by atoms with van der Waals surface area (Å²) in [5.74, 6) is 0.251. The Morgan fingerprint density at radius 3 is 2.72 bits per heavy atom. The lowest BCUT2D eigenvalue weighted by molar-refractivity contribution is -0.136. The number of likely N-dealkylation sites (tertiary alicyclic amines) is 1. The first-order valence-corrected chi connectivity index (χ1v) is 7.98. The molecule has 5 heteroatoms. The number of amides is 1. The Kier molecular flexibility index (Phi) is 5.92. The molecule has 2 fully saturated rings. The smallest absolute Gasteiger partial charge is 0.225 e. The fraction of sp³-hybridized carbons (Fsp3) is 0.923. The molecule has 0 aliphatic carbocycles. The number of halogens is 1. The normalized spacial score (nSPS) is 25.6. The van der Waals surface area contributed by atoms with E-state index in [2.05, 4.69) is 15.9 Å². The average molecular weight is 320 g/mol. The van der Waals surface area contributed by atoms with Crippen molar-refractivity contribution < 1.29 is 14.3 Å². The highest BCUT2D eigenvalue weighted by atomic mass is 79.9. The van der Waals surface area contributed by atoms with Gasteiger partial charge >= 0.3 is 0 Å². The van der Waals surface area contributed by atoms with Crippen LogP contribution in [0.15, 0.2) is 0 Å². The molecule has 2 aliphatic heterocycles. The van der Waals surface area contributed by atoms with Crippen molar-refractivity contribution >= 4 is 21.8 Å². The second-order valence-electron chi connectivity index (χ2n) is 4.98. The molecular weight excluding hydrogens is 298 g/mol. The van der Waals surface area contributed by atoms with Crippen molar-refractivity contribution in [2.24, 2.45) is 0 Å². The molecule has 0 bridgehead atoms. The molecule has 4 nitrogen and oxygen atoms in total. The van der Waals surface area contributed by atoms with E-state index in [1.54, 1.807) is 0 Å². The molecule has 0 aromatic heterocycles. The first kappa shape index (κ1) is 14.3. The number of nitrogens with zero attached hydrogens (tertiary/aromatic N) is 1. The van der Waals surface area contributed by atoms with Crippen molar-refractivity contribution in [1.29, 1.82) is 0 Å². The van der Waals surface area contributed by atoms with Crippen LogP contribution in [0.3, 0.4) is 0 Å². The van der Waals surface area contributed by atoms with Crippen LogP contribution in [0.1, 0.15) is 32.1 Å². The van der Waals surface area contributed by atoms with Crippen LogP contribution < -0.4 is 0 Å². The van der Waals surface area contributed by atoms with Gasteiger partial charge in [-0.25, -0.2) is 0 Å². The molecule has 1 amide bonds. The standard InChI is InChI=1S/C13H22BrNO3/c14-5-9-18-11-3-6-15(7-4-11)13(16)10-12-2-1-8-17-12/h11-12H,1-10H2. The molecule has 1 unspecified atom stereocenters. The summed E-state index contributed by atoms with van der Waals surface area (Å²) < 4.78 is 11.2. The molecular formula is C13H22BrNO3. The average Bonchev–Trinajstić information content (AvgIpc) is 2.89. The van der Waals surface area contributed by atoms with Gasteiger partial charge in [0.25, 0.3) is 0 Å². The Bertz CT molecular complexity index is 261. The maximum Gasteiger partial charge on any atom is 0.225 e. The summed E-state index contributed by atoms with van der Waals surface area (Å²) in [4.78, 5) is 14.0. The van der Waals surface area contributed by atoms with Gasteiger partial charge in [0.1, 0.15) is 0 Å². The van der Waals surface area contributed by atoms with Gasteiger partial charge in [0, 0.05) is 25.0 Å². The number of alkyl halides is 1. The van der Waals surface area contributed by atoms with E-state index in [1.807, 2.05) is 4.90 Å². The topological polar surface area (TPSA) is 38.8 Å². The number of carbonyl (C=O) groups excluding carboxylic acids is 1. The predicted molar refractivity (Wildman–Crippen MR) is 72.9 cm³/mol. The van der Waals surface area contributed by atoms with Gasteiger partial charge in [-0.1, -0.05) is 15.9 Å². The number of hydrogen-bond donors (Lipinski definition) is 0. The van der Waals surface area contributed by atoms with E-state index in [-0.39, 0.29) is 12.0 Å². The van der Waals surface area contributed by atoms with Crippen LogP contribution in [0.5, 0.6) is 0 Å². The molecule has 104 valence electrons. The molecule has 0 aromatic rings. The van der Waals surface area contributed by atoms with Gasteiger partial charge in [0.2, 0.25) is 5.91 Å². The molecule has 0 spiro atoms. The second kappa shape index (κ2) is 7.46. The zero-order valence-electron chi connectivity index (χ0n) is 10.8. The minimum Gasteiger partial charge on any atom is -0.378 e. The van der Waals surface area contributed by atoms with E-state index < -0.39 is 0 Å². The van der Waals surface area contributed by atoms with Crippen LogP contribution >= 0.6 is 15.9 Å². The Morgan fingerprint density at radius 1 is 1.33 bits per heavy atom. The second-order valence-corrected chi connectivity index (χ2v) is 5.77. The number of carbonyl (C=O) groups is 1. The third-order valence-corrected chi connectivity index (χ3v) is 3.98. The van der Waals surface area contributed by atoms with Crippen LogP contribution in [0.2, 0.25) is 0 Å². The van der Waals surface area contributed by atoms with Gasteiger partial charge < -0.3 is 14.4 Å². The third kappa shape index (κ3) is 4.21. The molecule has 2 heterocycles. The summed E-state index contributed by atoms with van der Waals surface area (Å²) in [5.41, 5.74) is 0. The number of piperidine rings is 1. The van der Waals surface area contributed by atoms with Crippen LogP contribution in [0.25, 0.3) is 0 Å². The molecule has 0 saturated carbocycles. The van der Waals surface area contributed by atoms with Gasteiger partial charge in [-0.3, -0.25) is 4.79 Å². The third-order valence-electron chi connectivity index (χ3n) is 3.65. The van der Waals surface area contributed by atoms with Crippen molar-refractivity contribution in [1.82, 2.24) is 4.90 Å². The number of hydrogen-bond acceptors (Lipinski definition) is 3. The highest BCUT2D eigenvalue weighted by Crippen LogP contribution is 2.19. The number of ether oxygens (including phenoxy) is 2. The quantitative estimate of drug-likeness (QED) is 0.727. The van der Waals surface area contributed by atoms with Crippen molar-refractivity contribution in [3.05, 3.63) is 0 Å². The van der Waals surface area contributed by atoms with Crippen molar-refractivity contribution in [2.75, 3.05) is 31.6 Å². The van der Waals surface area contributed by atoms with Gasteiger partial charge in [-0.2, -0.15) is 0 Å². The Labute approximate surface area is 117 Å². The molecule has 2 saturated heterocycles. The van der Waals surface area contributed by atoms with Gasteiger partial charge in [0.15, 0.2) is 0 Å². The molecule has 0 aromatic carbocycles. The molecule has 0 radical (unpaired) electrons. The Balaban J connectivity index is 1.66. The van der Waals surface area contributed by atoms with Crippen molar-refractivity contribution in [3.63, 3.8) is 0 Å². The maximum atomic E-state index is 12.1. The molecule has 2 aliphatic rings. The van der Waals surface area contributed by atoms with E-state index >= 15 is 0 Å². The van der Waals surface area contributed by atoms with Crippen LogP contribution in [0, 0.1) is 0 Å². The Hall–Kier alpha value is -0.130. The lowest BCUT2D eigenvalue weighted by Crippen LogP contribution is -2.42. The summed E-state index contributed by atoms with van der Waals surface area (Å²) in [6, 6.07) is 0. The minimum atomic E-state index is 0.167. The van der Waals surface area contributed by atoms with Crippen LogP contribution in [-0.4, -0.2) is 54.6 Å². The minimum absolute atomic E-state index is 0.167. The number of rotatable bonds is 5. The molecule has 1 atom stereocenters. The summed E-state index contributed by atoms with van der Waals surface area (Å²) in [5, 5.41) is 0.880. The van der Waals surface area contributed by atoms with Crippen LogP contribution in [0.4, 0.5) is 0 Å². The van der Waals surface area contributed by atoms with E-state index in [0.29, 0.717) is 12.5 Å².